The average molecular weight is 377 g/mol. The Labute approximate surface area is 166 Å². The number of aromatic hydroxyl groups is 1. The SMILES string of the molecule is Cc1cc(C(C)C(=O)OCCCCCCCC(C)C)cc(C(C)(C)C)c1O. The number of hydrogen-bond donors (Lipinski definition) is 1. The number of hydrogen-bond acceptors (Lipinski definition) is 3. The Hall–Kier alpha value is -1.51. The second-order valence-electron chi connectivity index (χ2n) is 9.32. The van der Waals surface area contributed by atoms with Crippen molar-refractivity contribution in [3.05, 3.63) is 28.8 Å². The van der Waals surface area contributed by atoms with Crippen LogP contribution in [0, 0.1) is 12.8 Å². The van der Waals surface area contributed by atoms with Gasteiger partial charge in [-0.3, -0.25) is 4.79 Å². The monoisotopic (exact) mass is 376 g/mol. The van der Waals surface area contributed by atoms with Crippen molar-refractivity contribution in [1.82, 2.24) is 0 Å². The molecule has 0 saturated heterocycles. The summed E-state index contributed by atoms with van der Waals surface area (Å²) in [6.07, 6.45) is 7.13. The Morgan fingerprint density at radius 3 is 2.22 bits per heavy atom. The normalized spacial score (nSPS) is 13.0. The molecule has 1 atom stereocenters. The highest BCUT2D eigenvalue weighted by Gasteiger charge is 2.24. The van der Waals surface area contributed by atoms with E-state index < -0.39 is 0 Å². The Morgan fingerprint density at radius 1 is 1.04 bits per heavy atom. The van der Waals surface area contributed by atoms with Crippen LogP contribution in [0.2, 0.25) is 0 Å². The molecule has 1 unspecified atom stereocenters. The van der Waals surface area contributed by atoms with Crippen LogP contribution in [0.5, 0.6) is 5.75 Å². The number of ether oxygens (including phenoxy) is 1. The van der Waals surface area contributed by atoms with Gasteiger partial charge in [0.25, 0.3) is 0 Å². The fourth-order valence-corrected chi connectivity index (χ4v) is 3.25. The molecule has 0 aliphatic carbocycles. The van der Waals surface area contributed by atoms with Crippen LogP contribution in [-0.2, 0) is 14.9 Å². The number of esters is 1. The van der Waals surface area contributed by atoms with Gasteiger partial charge in [0, 0.05) is 0 Å². The molecule has 1 rings (SSSR count). The summed E-state index contributed by atoms with van der Waals surface area (Å²) in [5.41, 5.74) is 2.41. The quantitative estimate of drug-likeness (QED) is 0.368. The van der Waals surface area contributed by atoms with Crippen LogP contribution in [0.3, 0.4) is 0 Å². The lowest BCUT2D eigenvalue weighted by Crippen LogP contribution is -2.17. The van der Waals surface area contributed by atoms with Gasteiger partial charge in [-0.2, -0.15) is 0 Å². The van der Waals surface area contributed by atoms with Gasteiger partial charge in [0.05, 0.1) is 12.5 Å². The first kappa shape index (κ1) is 23.5. The molecule has 0 aliphatic heterocycles. The number of rotatable bonds is 10. The van der Waals surface area contributed by atoms with E-state index in [0.717, 1.165) is 35.4 Å². The van der Waals surface area contributed by atoms with Crippen molar-refractivity contribution in [2.24, 2.45) is 5.92 Å². The van der Waals surface area contributed by atoms with Crippen molar-refractivity contribution in [3.8, 4) is 5.75 Å². The minimum absolute atomic E-state index is 0.177. The summed E-state index contributed by atoms with van der Waals surface area (Å²) in [7, 11) is 0. The van der Waals surface area contributed by atoms with E-state index >= 15 is 0 Å². The summed E-state index contributed by atoms with van der Waals surface area (Å²) in [6.45, 7) is 15.0. The maximum atomic E-state index is 12.4. The molecule has 0 bridgehead atoms. The topological polar surface area (TPSA) is 46.5 Å². The smallest absolute Gasteiger partial charge is 0.313 e. The van der Waals surface area contributed by atoms with E-state index in [2.05, 4.69) is 34.6 Å². The standard InChI is InChI=1S/C24H40O3/c1-17(2)13-11-9-8-10-12-14-27-23(26)19(4)20-15-18(3)22(25)21(16-20)24(5,6)7/h15-17,19,25H,8-14H2,1-7H3. The van der Waals surface area contributed by atoms with Crippen molar-refractivity contribution in [2.45, 2.75) is 98.3 Å². The van der Waals surface area contributed by atoms with Crippen molar-refractivity contribution in [2.75, 3.05) is 6.61 Å². The third kappa shape index (κ3) is 7.94. The van der Waals surface area contributed by atoms with E-state index in [-0.39, 0.29) is 17.3 Å². The number of aryl methyl sites for hydroxylation is 1. The largest absolute Gasteiger partial charge is 0.507 e. The van der Waals surface area contributed by atoms with E-state index in [0.29, 0.717) is 12.4 Å². The minimum atomic E-state index is -0.323. The lowest BCUT2D eigenvalue weighted by atomic mass is 9.82. The molecule has 1 aromatic carbocycles. The summed E-state index contributed by atoms with van der Waals surface area (Å²) in [5, 5.41) is 10.4. The van der Waals surface area contributed by atoms with Crippen LogP contribution in [0.25, 0.3) is 0 Å². The number of phenolic OH excluding ortho intramolecular Hbond substituents is 1. The summed E-state index contributed by atoms with van der Waals surface area (Å²) in [6, 6.07) is 3.84. The minimum Gasteiger partial charge on any atom is -0.507 e. The molecule has 0 amide bonds. The summed E-state index contributed by atoms with van der Waals surface area (Å²) in [4.78, 5) is 12.4. The van der Waals surface area contributed by atoms with E-state index in [1.807, 2.05) is 26.0 Å². The molecule has 3 heteroatoms. The van der Waals surface area contributed by atoms with Crippen LogP contribution >= 0.6 is 0 Å². The highest BCUT2D eigenvalue weighted by molar-refractivity contribution is 5.78. The fraction of sp³-hybridized carbons (Fsp3) is 0.708. The third-order valence-corrected chi connectivity index (χ3v) is 5.15. The molecule has 0 saturated carbocycles. The van der Waals surface area contributed by atoms with Gasteiger partial charge < -0.3 is 9.84 Å². The highest BCUT2D eigenvalue weighted by Crippen LogP contribution is 2.36. The molecule has 0 spiro atoms. The third-order valence-electron chi connectivity index (χ3n) is 5.15. The van der Waals surface area contributed by atoms with Gasteiger partial charge in [0.2, 0.25) is 0 Å². The number of unbranched alkanes of at least 4 members (excludes halogenated alkanes) is 4. The average Bonchev–Trinajstić information content (AvgIpc) is 2.57. The summed E-state index contributed by atoms with van der Waals surface area (Å²) >= 11 is 0. The number of phenols is 1. The van der Waals surface area contributed by atoms with Gasteiger partial charge in [-0.1, -0.05) is 78.9 Å². The molecule has 0 aromatic heterocycles. The Kier molecular flexibility index (Phi) is 9.35. The molecule has 3 nitrogen and oxygen atoms in total. The number of carbonyl (C=O) groups excluding carboxylic acids is 1. The molecule has 0 heterocycles. The Balaban J connectivity index is 2.49. The Morgan fingerprint density at radius 2 is 1.63 bits per heavy atom. The van der Waals surface area contributed by atoms with E-state index in [4.69, 9.17) is 4.74 Å². The molecule has 0 fully saturated rings. The van der Waals surface area contributed by atoms with Crippen molar-refractivity contribution in [3.63, 3.8) is 0 Å². The van der Waals surface area contributed by atoms with Crippen LogP contribution < -0.4 is 0 Å². The van der Waals surface area contributed by atoms with Crippen molar-refractivity contribution >= 4 is 5.97 Å². The maximum absolute atomic E-state index is 12.4. The summed E-state index contributed by atoms with van der Waals surface area (Å²) < 4.78 is 5.50. The predicted molar refractivity (Wildman–Crippen MR) is 113 cm³/mol. The van der Waals surface area contributed by atoms with Crippen LogP contribution in [0.15, 0.2) is 12.1 Å². The van der Waals surface area contributed by atoms with Gasteiger partial charge in [0.1, 0.15) is 5.75 Å². The van der Waals surface area contributed by atoms with Crippen molar-refractivity contribution < 1.29 is 14.6 Å². The zero-order chi connectivity index (χ0) is 20.6. The number of benzene rings is 1. The predicted octanol–water partition coefficient (Wildman–Crippen LogP) is 6.64. The molecule has 1 aromatic rings. The molecule has 1 N–H and O–H groups in total. The molecule has 154 valence electrons. The van der Waals surface area contributed by atoms with Crippen LogP contribution in [0.1, 0.15) is 103 Å². The molecular weight excluding hydrogens is 336 g/mol. The lowest BCUT2D eigenvalue weighted by Gasteiger charge is -2.24. The highest BCUT2D eigenvalue weighted by atomic mass is 16.5. The first-order valence-corrected chi connectivity index (χ1v) is 10.5. The van der Waals surface area contributed by atoms with E-state index in [9.17, 15) is 9.90 Å². The first-order valence-electron chi connectivity index (χ1n) is 10.5. The molecule has 0 aliphatic rings. The van der Waals surface area contributed by atoms with Gasteiger partial charge >= 0.3 is 5.97 Å². The van der Waals surface area contributed by atoms with Crippen molar-refractivity contribution in [1.29, 1.82) is 0 Å². The second-order valence-corrected chi connectivity index (χ2v) is 9.32. The molecular formula is C24H40O3. The van der Waals surface area contributed by atoms with Gasteiger partial charge in [-0.25, -0.2) is 0 Å². The van der Waals surface area contributed by atoms with Gasteiger partial charge in [0.15, 0.2) is 0 Å². The van der Waals surface area contributed by atoms with Crippen LogP contribution in [-0.4, -0.2) is 17.7 Å². The van der Waals surface area contributed by atoms with Crippen LogP contribution in [0.4, 0.5) is 0 Å². The zero-order valence-corrected chi connectivity index (χ0v) is 18.5. The number of carbonyl (C=O) groups is 1. The Bertz CT molecular complexity index is 596. The first-order chi connectivity index (χ1) is 12.5. The fourth-order valence-electron chi connectivity index (χ4n) is 3.25. The molecule has 27 heavy (non-hydrogen) atoms. The van der Waals surface area contributed by atoms with Gasteiger partial charge in [-0.15, -0.1) is 0 Å². The lowest BCUT2D eigenvalue weighted by molar-refractivity contribution is -0.145. The molecule has 0 radical (unpaired) electrons. The van der Waals surface area contributed by atoms with E-state index in [1.165, 1.54) is 25.7 Å². The zero-order valence-electron chi connectivity index (χ0n) is 18.5. The van der Waals surface area contributed by atoms with E-state index in [1.54, 1.807) is 0 Å². The van der Waals surface area contributed by atoms with Gasteiger partial charge in [-0.05, 0) is 48.3 Å². The summed E-state index contributed by atoms with van der Waals surface area (Å²) in [5.74, 6) is 0.607. The maximum Gasteiger partial charge on any atom is 0.313 e. The second kappa shape index (κ2) is 10.7.